The van der Waals surface area contributed by atoms with Crippen LogP contribution in [-0.2, 0) is 9.53 Å². The molecule has 0 spiro atoms. The molecular weight excluding hydrogens is 324 g/mol. The summed E-state index contributed by atoms with van der Waals surface area (Å²) in [4.78, 5) is 32.0. The fourth-order valence-corrected chi connectivity index (χ4v) is 1.64. The predicted molar refractivity (Wildman–Crippen MR) is 85.7 cm³/mol. The minimum atomic E-state index is -0.568. The number of halogens is 1. The second-order valence-electron chi connectivity index (χ2n) is 5.77. The van der Waals surface area contributed by atoms with Crippen LogP contribution in [0.3, 0.4) is 0 Å². The lowest BCUT2D eigenvalue weighted by molar-refractivity contribution is -0.114. The van der Waals surface area contributed by atoms with Gasteiger partial charge in [-0.15, -0.1) is 0 Å². The van der Waals surface area contributed by atoms with E-state index in [0.717, 1.165) is 0 Å². The van der Waals surface area contributed by atoms with Crippen molar-refractivity contribution in [2.45, 2.75) is 33.3 Å². The zero-order chi connectivity index (χ0) is 17.6. The van der Waals surface area contributed by atoms with Gasteiger partial charge in [0.15, 0.2) is 16.7 Å². The summed E-state index contributed by atoms with van der Waals surface area (Å²) in [5, 5.41) is 2.57. The molecule has 128 valence electrons. The van der Waals surface area contributed by atoms with Gasteiger partial charge in [-0.1, -0.05) is 11.6 Å². The van der Waals surface area contributed by atoms with Gasteiger partial charge >= 0.3 is 6.09 Å². The molecule has 1 aromatic heterocycles. The third kappa shape index (κ3) is 6.68. The fourth-order valence-electron chi connectivity index (χ4n) is 1.45. The first-order valence-corrected chi connectivity index (χ1v) is 7.33. The number of ether oxygens (including phenoxy) is 2. The van der Waals surface area contributed by atoms with Crippen molar-refractivity contribution in [2.75, 3.05) is 25.5 Å². The smallest absolute Gasteiger partial charge is 0.410 e. The minimum absolute atomic E-state index is 0.0728. The molecule has 0 aliphatic rings. The summed E-state index contributed by atoms with van der Waals surface area (Å²) in [7, 11) is 1.59. The van der Waals surface area contributed by atoms with E-state index in [1.165, 1.54) is 18.2 Å². The van der Waals surface area contributed by atoms with Crippen LogP contribution in [0.1, 0.15) is 27.7 Å². The molecule has 0 saturated heterocycles. The summed E-state index contributed by atoms with van der Waals surface area (Å²) < 4.78 is 10.7. The van der Waals surface area contributed by atoms with E-state index in [-0.39, 0.29) is 35.8 Å². The first-order chi connectivity index (χ1) is 10.6. The summed E-state index contributed by atoms with van der Waals surface area (Å²) in [6.07, 6.45) is 0.756. The van der Waals surface area contributed by atoms with Gasteiger partial charge in [0.25, 0.3) is 0 Å². The van der Waals surface area contributed by atoms with Crippen LogP contribution in [0, 0.1) is 0 Å². The highest BCUT2D eigenvalue weighted by atomic mass is 35.5. The second-order valence-corrected chi connectivity index (χ2v) is 6.13. The molecule has 2 amide bonds. The molecule has 1 rings (SSSR count). The summed E-state index contributed by atoms with van der Waals surface area (Å²) in [6, 6.07) is 0. The number of hydrogen-bond acceptors (Lipinski definition) is 6. The van der Waals surface area contributed by atoms with E-state index in [1.807, 2.05) is 0 Å². The van der Waals surface area contributed by atoms with Gasteiger partial charge in [0.1, 0.15) is 18.5 Å². The number of nitrogens with zero attached hydrogens (tertiary/aromatic N) is 3. The predicted octanol–water partition coefficient (Wildman–Crippen LogP) is 2.33. The Bertz CT molecular complexity index is 574. The van der Waals surface area contributed by atoms with Crippen molar-refractivity contribution in [3.63, 3.8) is 0 Å². The van der Waals surface area contributed by atoms with Gasteiger partial charge in [0, 0.05) is 14.0 Å². The molecule has 8 nitrogen and oxygen atoms in total. The molecule has 0 aromatic carbocycles. The molecular formula is C14H21ClN4O4. The van der Waals surface area contributed by atoms with Crippen molar-refractivity contribution in [3.8, 4) is 5.75 Å². The highest BCUT2D eigenvalue weighted by molar-refractivity contribution is 6.31. The Hall–Kier alpha value is -2.09. The molecule has 0 saturated carbocycles. The SMILES string of the molecule is CC(=O)Nc1ncnc(Cl)c1OCCN(C)C(=O)OC(C)(C)C. The average molecular weight is 345 g/mol. The maximum atomic E-state index is 11.8. The molecule has 0 radical (unpaired) electrons. The third-order valence-electron chi connectivity index (χ3n) is 2.43. The van der Waals surface area contributed by atoms with Crippen LogP contribution in [0.4, 0.5) is 10.6 Å². The van der Waals surface area contributed by atoms with E-state index in [1.54, 1.807) is 27.8 Å². The summed E-state index contributed by atoms with van der Waals surface area (Å²) >= 11 is 5.95. The van der Waals surface area contributed by atoms with Crippen LogP contribution in [0.15, 0.2) is 6.33 Å². The molecule has 1 N–H and O–H groups in total. The standard InChI is InChI=1S/C14H21ClN4O4/c1-9(20)18-12-10(11(15)16-8-17-12)22-7-6-19(5)13(21)23-14(2,3)4/h8H,6-7H2,1-5H3,(H,16,17,18,20). The van der Waals surface area contributed by atoms with Crippen molar-refractivity contribution in [2.24, 2.45) is 0 Å². The third-order valence-corrected chi connectivity index (χ3v) is 2.70. The van der Waals surface area contributed by atoms with E-state index < -0.39 is 11.7 Å². The maximum absolute atomic E-state index is 11.8. The molecule has 0 aliphatic heterocycles. The molecule has 0 unspecified atom stereocenters. The van der Waals surface area contributed by atoms with Gasteiger partial charge in [0.05, 0.1) is 6.54 Å². The Kier molecular flexibility index (Phi) is 6.56. The number of aromatic nitrogens is 2. The number of amides is 2. The van der Waals surface area contributed by atoms with Crippen molar-refractivity contribution in [1.82, 2.24) is 14.9 Å². The number of anilines is 1. The van der Waals surface area contributed by atoms with E-state index in [9.17, 15) is 9.59 Å². The Morgan fingerprint density at radius 3 is 2.57 bits per heavy atom. The highest BCUT2D eigenvalue weighted by Crippen LogP contribution is 2.28. The molecule has 1 heterocycles. The van der Waals surface area contributed by atoms with Gasteiger partial charge in [-0.25, -0.2) is 14.8 Å². The summed E-state index contributed by atoms with van der Waals surface area (Å²) in [5.74, 6) is 0.0230. The van der Waals surface area contributed by atoms with Gasteiger partial charge in [0.2, 0.25) is 5.91 Å². The van der Waals surface area contributed by atoms with Crippen LogP contribution in [-0.4, -0.2) is 52.7 Å². The van der Waals surface area contributed by atoms with Crippen molar-refractivity contribution >= 4 is 29.4 Å². The van der Waals surface area contributed by atoms with Gasteiger partial charge in [-0.05, 0) is 20.8 Å². The van der Waals surface area contributed by atoms with Crippen molar-refractivity contribution in [1.29, 1.82) is 0 Å². The van der Waals surface area contributed by atoms with E-state index >= 15 is 0 Å². The number of carbonyl (C=O) groups is 2. The summed E-state index contributed by atoms with van der Waals surface area (Å²) in [5.41, 5.74) is -0.568. The van der Waals surface area contributed by atoms with Crippen molar-refractivity contribution in [3.05, 3.63) is 11.5 Å². The molecule has 0 bridgehead atoms. The van der Waals surface area contributed by atoms with Crippen molar-refractivity contribution < 1.29 is 19.1 Å². The fraction of sp³-hybridized carbons (Fsp3) is 0.571. The zero-order valence-corrected chi connectivity index (χ0v) is 14.6. The largest absolute Gasteiger partial charge is 0.485 e. The molecule has 0 fully saturated rings. The molecule has 23 heavy (non-hydrogen) atoms. The minimum Gasteiger partial charge on any atom is -0.485 e. The van der Waals surface area contributed by atoms with Gasteiger partial charge < -0.3 is 19.7 Å². The number of nitrogens with one attached hydrogen (secondary N) is 1. The lowest BCUT2D eigenvalue weighted by atomic mass is 10.2. The molecule has 0 aliphatic carbocycles. The normalized spacial score (nSPS) is 10.9. The van der Waals surface area contributed by atoms with E-state index in [0.29, 0.717) is 0 Å². The first kappa shape index (κ1) is 19.0. The number of rotatable bonds is 5. The summed E-state index contributed by atoms with van der Waals surface area (Å²) in [6.45, 7) is 7.10. The highest BCUT2D eigenvalue weighted by Gasteiger charge is 2.20. The van der Waals surface area contributed by atoms with E-state index in [2.05, 4.69) is 15.3 Å². The zero-order valence-electron chi connectivity index (χ0n) is 13.8. The molecule has 9 heteroatoms. The Morgan fingerprint density at radius 2 is 2.00 bits per heavy atom. The second kappa shape index (κ2) is 7.96. The topological polar surface area (TPSA) is 93.6 Å². The monoisotopic (exact) mass is 344 g/mol. The number of hydrogen-bond donors (Lipinski definition) is 1. The Labute approximate surface area is 140 Å². The Balaban J connectivity index is 2.62. The lowest BCUT2D eigenvalue weighted by Crippen LogP contribution is -2.36. The number of likely N-dealkylation sites (N-methyl/N-ethyl adjacent to an activating group) is 1. The lowest BCUT2D eigenvalue weighted by Gasteiger charge is -2.24. The van der Waals surface area contributed by atoms with Crippen LogP contribution < -0.4 is 10.1 Å². The number of carbonyl (C=O) groups excluding carboxylic acids is 2. The maximum Gasteiger partial charge on any atom is 0.410 e. The van der Waals surface area contributed by atoms with Crippen LogP contribution in [0.5, 0.6) is 5.75 Å². The van der Waals surface area contributed by atoms with Gasteiger partial charge in [-0.3, -0.25) is 4.79 Å². The van der Waals surface area contributed by atoms with Crippen LogP contribution in [0.25, 0.3) is 0 Å². The quantitative estimate of drug-likeness (QED) is 0.824. The average Bonchev–Trinajstić information content (AvgIpc) is 2.39. The van der Waals surface area contributed by atoms with Gasteiger partial charge in [-0.2, -0.15) is 0 Å². The first-order valence-electron chi connectivity index (χ1n) is 6.95. The molecule has 0 atom stereocenters. The van der Waals surface area contributed by atoms with E-state index in [4.69, 9.17) is 21.1 Å². The van der Waals surface area contributed by atoms with Crippen LogP contribution >= 0.6 is 11.6 Å². The molecule has 1 aromatic rings. The van der Waals surface area contributed by atoms with Crippen LogP contribution in [0.2, 0.25) is 5.15 Å². The Morgan fingerprint density at radius 1 is 1.35 bits per heavy atom.